The third kappa shape index (κ3) is 2.07. The molecule has 9 nitrogen and oxygen atoms in total. The molecule has 2 rings (SSSR count). The highest BCUT2D eigenvalue weighted by Gasteiger charge is 2.36. The lowest BCUT2D eigenvalue weighted by atomic mass is 10.2. The van der Waals surface area contributed by atoms with E-state index in [1.54, 1.807) is 0 Å². The lowest BCUT2D eigenvalue weighted by Gasteiger charge is -2.12. The first-order valence-corrected chi connectivity index (χ1v) is 4.95. The van der Waals surface area contributed by atoms with Gasteiger partial charge in [-0.05, 0) is 0 Å². The molecule has 1 saturated heterocycles. The molecule has 17 heavy (non-hydrogen) atoms. The summed E-state index contributed by atoms with van der Waals surface area (Å²) >= 11 is 0. The monoisotopic (exact) mass is 244 g/mol. The highest BCUT2D eigenvalue weighted by atomic mass is 16.5. The molecule has 1 aliphatic heterocycles. The molecule has 0 amide bonds. The van der Waals surface area contributed by atoms with Gasteiger partial charge in [-0.25, -0.2) is 14.2 Å². The van der Waals surface area contributed by atoms with E-state index in [-0.39, 0.29) is 12.4 Å². The molecular formula is C8H12N4O5. The lowest BCUT2D eigenvalue weighted by Crippen LogP contribution is -2.40. The second-order valence-corrected chi connectivity index (χ2v) is 3.69. The number of nitrogens with zero attached hydrogens (tertiary/aromatic N) is 2. The van der Waals surface area contributed by atoms with Crippen molar-refractivity contribution < 1.29 is 14.9 Å². The number of hydrogen-bond acceptors (Lipinski definition) is 7. The van der Waals surface area contributed by atoms with Crippen LogP contribution < -0.4 is 17.1 Å². The molecule has 1 aromatic rings. The summed E-state index contributed by atoms with van der Waals surface area (Å²) in [5.74, 6) is -0.284. The zero-order valence-electron chi connectivity index (χ0n) is 8.74. The Morgan fingerprint density at radius 3 is 2.82 bits per heavy atom. The van der Waals surface area contributed by atoms with Crippen LogP contribution in [0, 0.1) is 0 Å². The van der Waals surface area contributed by atoms with Crippen LogP contribution in [0.25, 0.3) is 0 Å². The first-order chi connectivity index (χ1) is 8.02. The fraction of sp³-hybridized carbons (Fsp3) is 0.625. The Hall–Kier alpha value is -1.71. The van der Waals surface area contributed by atoms with E-state index in [4.69, 9.17) is 15.6 Å². The van der Waals surface area contributed by atoms with Crippen molar-refractivity contribution in [1.29, 1.82) is 0 Å². The molecule has 0 aromatic carbocycles. The maximum Gasteiger partial charge on any atom is 0.357 e. The van der Waals surface area contributed by atoms with Gasteiger partial charge in [0.1, 0.15) is 12.3 Å². The molecule has 5 N–H and O–H groups in total. The second kappa shape index (κ2) is 4.28. The molecule has 1 aliphatic rings. The van der Waals surface area contributed by atoms with Gasteiger partial charge in [-0.1, -0.05) is 0 Å². The van der Waals surface area contributed by atoms with Gasteiger partial charge in [-0.2, -0.15) is 4.98 Å². The number of rotatable bonds is 2. The summed E-state index contributed by atoms with van der Waals surface area (Å²) in [6, 6.07) is 0. The average Bonchev–Trinajstić information content (AvgIpc) is 2.57. The van der Waals surface area contributed by atoms with E-state index in [1.165, 1.54) is 0 Å². The summed E-state index contributed by atoms with van der Waals surface area (Å²) in [6.07, 6.45) is -2.68. The molecule has 0 saturated carbocycles. The zero-order chi connectivity index (χ0) is 12.6. The molecule has 0 radical (unpaired) electrons. The number of aliphatic hydroxyl groups excluding tert-OH is 2. The maximum atomic E-state index is 11.5. The van der Waals surface area contributed by atoms with Gasteiger partial charge in [0.15, 0.2) is 0 Å². The summed E-state index contributed by atoms with van der Waals surface area (Å²) in [4.78, 5) is 28.5. The van der Waals surface area contributed by atoms with E-state index in [0.29, 0.717) is 0 Å². The Morgan fingerprint density at radius 1 is 1.59 bits per heavy atom. The molecule has 0 spiro atoms. The van der Waals surface area contributed by atoms with Gasteiger partial charge in [0.05, 0.1) is 12.7 Å². The molecule has 0 unspecified atom stereocenters. The minimum absolute atomic E-state index is 0.0276. The van der Waals surface area contributed by atoms with E-state index in [2.05, 4.69) is 9.97 Å². The van der Waals surface area contributed by atoms with E-state index in [0.717, 1.165) is 4.57 Å². The summed E-state index contributed by atoms with van der Waals surface area (Å²) in [6.45, 7) is -0.396. The van der Waals surface area contributed by atoms with Gasteiger partial charge in [0.2, 0.25) is 5.95 Å². The first-order valence-electron chi connectivity index (χ1n) is 4.95. The van der Waals surface area contributed by atoms with E-state index < -0.39 is 36.4 Å². The van der Waals surface area contributed by atoms with Crippen LogP contribution in [0.15, 0.2) is 9.59 Å². The number of nitrogens with one attached hydrogen (secondary N) is 1. The Kier molecular flexibility index (Phi) is 2.96. The third-order valence-electron chi connectivity index (χ3n) is 2.55. The van der Waals surface area contributed by atoms with Crippen molar-refractivity contribution in [3.8, 4) is 0 Å². The number of hydrogen-bond donors (Lipinski definition) is 4. The molecule has 94 valence electrons. The molecule has 1 fully saturated rings. The van der Waals surface area contributed by atoms with Crippen LogP contribution in [0.2, 0.25) is 0 Å². The van der Waals surface area contributed by atoms with Crippen LogP contribution in [0.1, 0.15) is 12.6 Å². The van der Waals surface area contributed by atoms with Crippen LogP contribution in [-0.2, 0) is 4.74 Å². The van der Waals surface area contributed by atoms with Crippen molar-refractivity contribution in [3.05, 3.63) is 21.0 Å². The van der Waals surface area contributed by atoms with Crippen molar-refractivity contribution in [1.82, 2.24) is 14.5 Å². The summed E-state index contributed by atoms with van der Waals surface area (Å²) in [5.41, 5.74) is 3.57. The van der Waals surface area contributed by atoms with Crippen LogP contribution in [0.5, 0.6) is 0 Å². The van der Waals surface area contributed by atoms with Crippen LogP contribution >= 0.6 is 0 Å². The van der Waals surface area contributed by atoms with E-state index >= 15 is 0 Å². The topological polar surface area (TPSA) is 143 Å². The number of aliphatic hydroxyl groups is 2. The van der Waals surface area contributed by atoms with Crippen molar-refractivity contribution in [2.24, 2.45) is 0 Å². The Balaban J connectivity index is 2.37. The molecule has 2 heterocycles. The largest absolute Gasteiger partial charge is 0.394 e. The SMILES string of the molecule is Nc1nc(=O)n([C@H]2C[C@@H](O)[C@@H](CO)O2)c(=O)[nH]1. The van der Waals surface area contributed by atoms with Crippen LogP contribution in [-0.4, -0.2) is 43.6 Å². The number of ether oxygens (including phenoxy) is 1. The van der Waals surface area contributed by atoms with Crippen molar-refractivity contribution >= 4 is 5.95 Å². The Labute approximate surface area is 94.5 Å². The maximum absolute atomic E-state index is 11.5. The summed E-state index contributed by atoms with van der Waals surface area (Å²) in [7, 11) is 0. The van der Waals surface area contributed by atoms with Crippen LogP contribution in [0.3, 0.4) is 0 Å². The summed E-state index contributed by atoms with van der Waals surface area (Å²) in [5, 5.41) is 18.4. The molecule has 0 bridgehead atoms. The number of aromatic nitrogens is 3. The fourth-order valence-electron chi connectivity index (χ4n) is 1.73. The first kappa shape index (κ1) is 11.8. The van der Waals surface area contributed by atoms with Gasteiger partial charge in [-0.15, -0.1) is 0 Å². The zero-order valence-corrected chi connectivity index (χ0v) is 8.74. The highest BCUT2D eigenvalue weighted by Crippen LogP contribution is 2.26. The number of nitrogen functional groups attached to an aromatic ring is 1. The molecule has 1 aromatic heterocycles. The van der Waals surface area contributed by atoms with Crippen molar-refractivity contribution in [3.63, 3.8) is 0 Å². The Bertz CT molecular complexity index is 492. The van der Waals surface area contributed by atoms with Crippen LogP contribution in [0.4, 0.5) is 5.95 Å². The average molecular weight is 244 g/mol. The number of nitrogens with two attached hydrogens (primary N) is 1. The third-order valence-corrected chi connectivity index (χ3v) is 2.55. The Morgan fingerprint density at radius 2 is 2.29 bits per heavy atom. The van der Waals surface area contributed by atoms with E-state index in [1.807, 2.05) is 0 Å². The normalized spacial score (nSPS) is 28.5. The minimum atomic E-state index is -0.952. The predicted octanol–water partition coefficient (Wildman–Crippen LogP) is -2.85. The molecule has 0 aliphatic carbocycles. The second-order valence-electron chi connectivity index (χ2n) is 3.69. The molecular weight excluding hydrogens is 232 g/mol. The van der Waals surface area contributed by atoms with Gasteiger partial charge < -0.3 is 20.7 Å². The fourth-order valence-corrected chi connectivity index (χ4v) is 1.73. The van der Waals surface area contributed by atoms with Gasteiger partial charge in [-0.3, -0.25) is 4.98 Å². The molecule has 9 heteroatoms. The van der Waals surface area contributed by atoms with Gasteiger partial charge >= 0.3 is 11.4 Å². The number of aromatic amines is 1. The number of anilines is 1. The van der Waals surface area contributed by atoms with Gasteiger partial charge in [0, 0.05) is 6.42 Å². The van der Waals surface area contributed by atoms with Gasteiger partial charge in [0.25, 0.3) is 0 Å². The standard InChI is InChI=1S/C8H12N4O5/c9-6-10-7(15)12(8(16)11-6)5-1-3(14)4(2-13)17-5/h3-5,13-14H,1-2H2,(H3,9,10,11,15,16)/t3-,4-,5-/m1/s1. The summed E-state index contributed by atoms with van der Waals surface area (Å²) < 4.78 is 5.89. The van der Waals surface area contributed by atoms with Crippen molar-refractivity contribution in [2.45, 2.75) is 24.9 Å². The van der Waals surface area contributed by atoms with Crippen molar-refractivity contribution in [2.75, 3.05) is 12.3 Å². The number of H-pyrrole nitrogens is 1. The van der Waals surface area contributed by atoms with E-state index in [9.17, 15) is 14.7 Å². The highest BCUT2D eigenvalue weighted by molar-refractivity contribution is 5.10. The lowest BCUT2D eigenvalue weighted by molar-refractivity contribution is -0.0473. The molecule has 3 atom stereocenters. The minimum Gasteiger partial charge on any atom is -0.394 e. The quantitative estimate of drug-likeness (QED) is 0.438. The smallest absolute Gasteiger partial charge is 0.357 e. The predicted molar refractivity (Wildman–Crippen MR) is 55.1 cm³/mol.